The van der Waals surface area contributed by atoms with Gasteiger partial charge in [-0.3, -0.25) is 4.90 Å². The lowest BCUT2D eigenvalue weighted by atomic mass is 10.0. The molecule has 0 radical (unpaired) electrons. The van der Waals surface area contributed by atoms with Crippen molar-refractivity contribution < 1.29 is 4.39 Å². The molecule has 3 heteroatoms. The fourth-order valence-corrected chi connectivity index (χ4v) is 3.16. The summed E-state index contributed by atoms with van der Waals surface area (Å²) in [5.41, 5.74) is 1.09. The third-order valence-electron chi connectivity index (χ3n) is 4.50. The SMILES string of the molecule is CCC1CNC(C2CC2)CN1Cc1cccc(F)c1. The van der Waals surface area contributed by atoms with Gasteiger partial charge in [0.05, 0.1) is 0 Å². The quantitative estimate of drug-likeness (QED) is 0.897. The molecule has 1 saturated heterocycles. The van der Waals surface area contributed by atoms with Gasteiger partial charge in [-0.15, -0.1) is 0 Å². The molecule has 1 aliphatic carbocycles. The molecule has 1 saturated carbocycles. The van der Waals surface area contributed by atoms with E-state index >= 15 is 0 Å². The third-order valence-corrected chi connectivity index (χ3v) is 4.50. The van der Waals surface area contributed by atoms with Crippen molar-refractivity contribution >= 4 is 0 Å². The van der Waals surface area contributed by atoms with Crippen LogP contribution in [0.2, 0.25) is 0 Å². The van der Waals surface area contributed by atoms with E-state index in [2.05, 4.69) is 17.1 Å². The molecule has 0 bridgehead atoms. The van der Waals surface area contributed by atoms with Gasteiger partial charge in [-0.1, -0.05) is 19.1 Å². The minimum absolute atomic E-state index is 0.126. The first-order valence-corrected chi connectivity index (χ1v) is 7.48. The van der Waals surface area contributed by atoms with Gasteiger partial charge in [0.25, 0.3) is 0 Å². The molecule has 0 amide bonds. The zero-order chi connectivity index (χ0) is 13.2. The first-order chi connectivity index (χ1) is 9.26. The van der Waals surface area contributed by atoms with E-state index in [9.17, 15) is 4.39 Å². The van der Waals surface area contributed by atoms with Crippen molar-refractivity contribution in [1.29, 1.82) is 0 Å². The standard InChI is InChI=1S/C16H23FN2/c1-2-15-9-18-16(13-6-7-13)11-19(15)10-12-4-3-5-14(17)8-12/h3-5,8,13,15-16,18H,2,6-7,9-11H2,1H3. The third kappa shape index (κ3) is 3.15. The van der Waals surface area contributed by atoms with Crippen LogP contribution in [0.15, 0.2) is 24.3 Å². The molecular formula is C16H23FN2. The molecule has 0 spiro atoms. The van der Waals surface area contributed by atoms with Crippen LogP contribution >= 0.6 is 0 Å². The number of nitrogens with one attached hydrogen (secondary N) is 1. The Morgan fingerprint density at radius 3 is 2.89 bits per heavy atom. The molecule has 104 valence electrons. The molecule has 2 nitrogen and oxygen atoms in total. The van der Waals surface area contributed by atoms with Gasteiger partial charge in [-0.2, -0.15) is 0 Å². The largest absolute Gasteiger partial charge is 0.311 e. The van der Waals surface area contributed by atoms with Crippen LogP contribution in [-0.4, -0.2) is 30.1 Å². The minimum atomic E-state index is -0.126. The van der Waals surface area contributed by atoms with E-state index in [1.807, 2.05) is 12.1 Å². The van der Waals surface area contributed by atoms with E-state index in [0.29, 0.717) is 12.1 Å². The second kappa shape index (κ2) is 5.59. The van der Waals surface area contributed by atoms with Crippen molar-refractivity contribution in [3.8, 4) is 0 Å². The van der Waals surface area contributed by atoms with E-state index in [0.717, 1.165) is 37.5 Å². The highest BCUT2D eigenvalue weighted by Crippen LogP contribution is 2.34. The fraction of sp³-hybridized carbons (Fsp3) is 0.625. The number of piperazine rings is 1. The predicted molar refractivity (Wildman–Crippen MR) is 75.4 cm³/mol. The Labute approximate surface area is 115 Å². The van der Waals surface area contributed by atoms with Crippen molar-refractivity contribution in [1.82, 2.24) is 10.2 Å². The molecule has 3 rings (SSSR count). The van der Waals surface area contributed by atoms with Gasteiger partial charge in [0.2, 0.25) is 0 Å². The summed E-state index contributed by atoms with van der Waals surface area (Å²) in [5.74, 6) is 0.757. The number of rotatable bonds is 4. The van der Waals surface area contributed by atoms with E-state index in [4.69, 9.17) is 0 Å². The Bertz CT molecular complexity index is 431. The van der Waals surface area contributed by atoms with Crippen LogP contribution < -0.4 is 5.32 Å². The Kier molecular flexibility index (Phi) is 3.85. The molecule has 2 unspecified atom stereocenters. The summed E-state index contributed by atoms with van der Waals surface area (Å²) in [4.78, 5) is 2.54. The maximum Gasteiger partial charge on any atom is 0.123 e. The molecular weight excluding hydrogens is 239 g/mol. The summed E-state index contributed by atoms with van der Waals surface area (Å²) in [6.07, 6.45) is 3.91. The Morgan fingerprint density at radius 1 is 1.37 bits per heavy atom. The van der Waals surface area contributed by atoms with Crippen molar-refractivity contribution in [2.24, 2.45) is 5.92 Å². The highest BCUT2D eigenvalue weighted by Gasteiger charge is 2.36. The van der Waals surface area contributed by atoms with Gasteiger partial charge in [-0.05, 0) is 42.9 Å². The van der Waals surface area contributed by atoms with Crippen LogP contribution in [-0.2, 0) is 6.54 Å². The smallest absolute Gasteiger partial charge is 0.123 e. The molecule has 2 fully saturated rings. The molecule has 2 aliphatic rings. The van der Waals surface area contributed by atoms with Gasteiger partial charge in [0.15, 0.2) is 0 Å². The molecule has 1 aromatic carbocycles. The van der Waals surface area contributed by atoms with Crippen LogP contribution in [0.5, 0.6) is 0 Å². The molecule has 0 aromatic heterocycles. The lowest BCUT2D eigenvalue weighted by molar-refractivity contribution is 0.111. The summed E-state index contributed by atoms with van der Waals surface area (Å²) >= 11 is 0. The van der Waals surface area contributed by atoms with Crippen LogP contribution in [0.3, 0.4) is 0 Å². The van der Waals surface area contributed by atoms with Gasteiger partial charge < -0.3 is 5.32 Å². The molecule has 1 N–H and O–H groups in total. The van der Waals surface area contributed by atoms with Crippen LogP contribution in [0, 0.1) is 11.7 Å². The predicted octanol–water partition coefficient (Wildman–Crippen LogP) is 2.79. The first-order valence-electron chi connectivity index (χ1n) is 7.48. The molecule has 1 aromatic rings. The van der Waals surface area contributed by atoms with Crippen molar-refractivity contribution in [2.45, 2.75) is 44.8 Å². The van der Waals surface area contributed by atoms with E-state index in [-0.39, 0.29) is 5.82 Å². The summed E-state index contributed by atoms with van der Waals surface area (Å²) in [6, 6.07) is 8.26. The van der Waals surface area contributed by atoms with Crippen LogP contribution in [0.25, 0.3) is 0 Å². The fourth-order valence-electron chi connectivity index (χ4n) is 3.16. The Hall–Kier alpha value is -0.930. The zero-order valence-electron chi connectivity index (χ0n) is 11.6. The monoisotopic (exact) mass is 262 g/mol. The summed E-state index contributed by atoms with van der Waals surface area (Å²) in [6.45, 7) is 5.30. The van der Waals surface area contributed by atoms with Crippen LogP contribution in [0.4, 0.5) is 4.39 Å². The second-order valence-electron chi connectivity index (χ2n) is 5.97. The van der Waals surface area contributed by atoms with Crippen molar-refractivity contribution in [3.63, 3.8) is 0 Å². The normalized spacial score (nSPS) is 28.5. The van der Waals surface area contributed by atoms with E-state index < -0.39 is 0 Å². The van der Waals surface area contributed by atoms with Gasteiger partial charge in [0, 0.05) is 31.7 Å². The first kappa shape index (κ1) is 13.1. The van der Waals surface area contributed by atoms with E-state index in [1.54, 1.807) is 6.07 Å². The average molecular weight is 262 g/mol. The number of nitrogens with zero attached hydrogens (tertiary/aromatic N) is 1. The number of hydrogen-bond acceptors (Lipinski definition) is 2. The summed E-state index contributed by atoms with van der Waals surface area (Å²) < 4.78 is 13.3. The Morgan fingerprint density at radius 2 is 2.21 bits per heavy atom. The highest BCUT2D eigenvalue weighted by molar-refractivity contribution is 5.16. The second-order valence-corrected chi connectivity index (χ2v) is 5.97. The number of halogens is 1. The maximum absolute atomic E-state index is 13.3. The van der Waals surface area contributed by atoms with Crippen molar-refractivity contribution in [2.75, 3.05) is 13.1 Å². The molecule has 1 heterocycles. The average Bonchev–Trinajstić information content (AvgIpc) is 3.23. The lowest BCUT2D eigenvalue weighted by Gasteiger charge is -2.40. The molecule has 19 heavy (non-hydrogen) atoms. The zero-order valence-corrected chi connectivity index (χ0v) is 11.6. The maximum atomic E-state index is 13.3. The van der Waals surface area contributed by atoms with Crippen LogP contribution in [0.1, 0.15) is 31.7 Å². The van der Waals surface area contributed by atoms with Gasteiger partial charge >= 0.3 is 0 Å². The molecule has 2 atom stereocenters. The summed E-state index contributed by atoms with van der Waals surface area (Å²) in [7, 11) is 0. The van der Waals surface area contributed by atoms with Crippen molar-refractivity contribution in [3.05, 3.63) is 35.6 Å². The summed E-state index contributed by atoms with van der Waals surface area (Å²) in [5, 5.41) is 3.69. The minimum Gasteiger partial charge on any atom is -0.311 e. The Balaban J connectivity index is 1.68. The topological polar surface area (TPSA) is 15.3 Å². The number of hydrogen-bond donors (Lipinski definition) is 1. The number of benzene rings is 1. The highest BCUT2D eigenvalue weighted by atomic mass is 19.1. The van der Waals surface area contributed by atoms with Gasteiger partial charge in [-0.25, -0.2) is 4.39 Å². The van der Waals surface area contributed by atoms with Gasteiger partial charge in [0.1, 0.15) is 5.82 Å². The lowest BCUT2D eigenvalue weighted by Crippen LogP contribution is -2.56. The van der Waals surface area contributed by atoms with E-state index in [1.165, 1.54) is 18.9 Å². The molecule has 1 aliphatic heterocycles.